The van der Waals surface area contributed by atoms with Gasteiger partial charge in [0.05, 0.1) is 19.9 Å². The van der Waals surface area contributed by atoms with E-state index in [2.05, 4.69) is 15.4 Å². The topological polar surface area (TPSA) is 78.3 Å². The van der Waals surface area contributed by atoms with Gasteiger partial charge in [0.15, 0.2) is 5.13 Å². The lowest BCUT2D eigenvalue weighted by molar-refractivity contribution is 0.102. The van der Waals surface area contributed by atoms with Gasteiger partial charge in [-0.05, 0) is 12.1 Å². The van der Waals surface area contributed by atoms with Gasteiger partial charge in [-0.1, -0.05) is 12.1 Å². The minimum Gasteiger partial charge on any atom is -0.497 e. The average Bonchev–Trinajstić information content (AvgIpc) is 3.21. The number of aryl methyl sites for hydroxylation is 1. The van der Waals surface area contributed by atoms with Gasteiger partial charge < -0.3 is 9.47 Å². The van der Waals surface area contributed by atoms with Crippen molar-refractivity contribution in [1.29, 1.82) is 0 Å². The van der Waals surface area contributed by atoms with Crippen LogP contribution in [0.2, 0.25) is 0 Å². The Balaban J connectivity index is 1.79. The molecule has 0 unspecified atom stereocenters. The highest BCUT2D eigenvalue weighted by Gasteiger charge is 2.18. The van der Waals surface area contributed by atoms with Crippen molar-refractivity contribution in [3.8, 4) is 22.9 Å². The molecule has 0 radical (unpaired) electrons. The predicted octanol–water partition coefficient (Wildman–Crippen LogP) is 2.81. The fourth-order valence-corrected chi connectivity index (χ4v) is 2.90. The van der Waals surface area contributed by atoms with Gasteiger partial charge in [-0.3, -0.25) is 14.8 Å². The predicted molar refractivity (Wildman–Crippen MR) is 91.8 cm³/mol. The molecule has 0 saturated carbocycles. The molecule has 0 aliphatic carbocycles. The molecule has 1 N–H and O–H groups in total. The van der Waals surface area contributed by atoms with Crippen molar-refractivity contribution in [3.63, 3.8) is 0 Å². The summed E-state index contributed by atoms with van der Waals surface area (Å²) in [6.45, 7) is 0. The summed E-state index contributed by atoms with van der Waals surface area (Å²) in [4.78, 5) is 16.8. The zero-order valence-electron chi connectivity index (χ0n) is 13.4. The van der Waals surface area contributed by atoms with E-state index in [4.69, 9.17) is 9.47 Å². The van der Waals surface area contributed by atoms with Gasteiger partial charge in [0.1, 0.15) is 11.3 Å². The first-order chi connectivity index (χ1) is 11.6. The molecule has 0 aliphatic rings. The van der Waals surface area contributed by atoms with Crippen LogP contribution in [0.15, 0.2) is 35.8 Å². The number of benzene rings is 1. The van der Waals surface area contributed by atoms with Crippen LogP contribution in [0.4, 0.5) is 5.13 Å². The second-order valence-corrected chi connectivity index (χ2v) is 5.81. The maximum Gasteiger partial charge on any atom is 0.264 e. The van der Waals surface area contributed by atoms with Gasteiger partial charge in [-0.2, -0.15) is 0 Å². The smallest absolute Gasteiger partial charge is 0.264 e. The summed E-state index contributed by atoms with van der Waals surface area (Å²) < 4.78 is 11.8. The van der Waals surface area contributed by atoms with E-state index in [1.807, 2.05) is 29.6 Å². The highest BCUT2D eigenvalue weighted by atomic mass is 32.1. The molecule has 0 spiro atoms. The highest BCUT2D eigenvalue weighted by Crippen LogP contribution is 2.28. The number of hydrogen-bond acceptors (Lipinski definition) is 6. The van der Waals surface area contributed by atoms with E-state index in [1.165, 1.54) is 23.1 Å². The number of anilines is 1. The van der Waals surface area contributed by atoms with Crippen LogP contribution < -0.4 is 14.8 Å². The number of ether oxygens (including phenoxy) is 2. The van der Waals surface area contributed by atoms with E-state index in [0.29, 0.717) is 10.7 Å². The molecule has 0 saturated heterocycles. The molecule has 0 atom stereocenters. The molecule has 8 heteroatoms. The van der Waals surface area contributed by atoms with Crippen molar-refractivity contribution in [1.82, 2.24) is 14.8 Å². The van der Waals surface area contributed by atoms with Crippen LogP contribution in [0, 0.1) is 0 Å². The van der Waals surface area contributed by atoms with Crippen molar-refractivity contribution in [3.05, 3.63) is 41.4 Å². The van der Waals surface area contributed by atoms with Gasteiger partial charge in [-0.15, -0.1) is 16.4 Å². The number of carbonyl (C=O) groups is 1. The molecule has 0 bridgehead atoms. The summed E-state index contributed by atoms with van der Waals surface area (Å²) in [6, 6.07) is 7.59. The summed E-state index contributed by atoms with van der Waals surface area (Å²) in [5.74, 6) is 0.720. The lowest BCUT2D eigenvalue weighted by Gasteiger charge is -2.02. The van der Waals surface area contributed by atoms with Crippen LogP contribution >= 0.6 is 11.3 Å². The largest absolute Gasteiger partial charge is 0.497 e. The zero-order valence-corrected chi connectivity index (χ0v) is 14.3. The Morgan fingerprint density at radius 2 is 2.12 bits per heavy atom. The summed E-state index contributed by atoms with van der Waals surface area (Å²) in [5.41, 5.74) is 2.05. The monoisotopic (exact) mass is 344 g/mol. The number of hydrogen-bond donors (Lipinski definition) is 1. The Kier molecular flexibility index (Phi) is 4.48. The third-order valence-electron chi connectivity index (χ3n) is 3.32. The minimum absolute atomic E-state index is 0.277. The first-order valence-corrected chi connectivity index (χ1v) is 7.97. The van der Waals surface area contributed by atoms with E-state index in [0.717, 1.165) is 17.0 Å². The van der Waals surface area contributed by atoms with E-state index >= 15 is 0 Å². The quantitative estimate of drug-likeness (QED) is 0.770. The van der Waals surface area contributed by atoms with Gasteiger partial charge in [0.2, 0.25) is 5.88 Å². The summed E-state index contributed by atoms with van der Waals surface area (Å²) in [7, 11) is 4.82. The molecule has 24 heavy (non-hydrogen) atoms. The van der Waals surface area contributed by atoms with Crippen LogP contribution in [0.1, 0.15) is 10.4 Å². The number of methoxy groups -OCH3 is 2. The molecule has 2 aromatic heterocycles. The van der Waals surface area contributed by atoms with E-state index in [9.17, 15) is 4.79 Å². The Hall–Kier alpha value is -2.87. The highest BCUT2D eigenvalue weighted by molar-refractivity contribution is 7.14. The van der Waals surface area contributed by atoms with Gasteiger partial charge in [-0.25, -0.2) is 4.98 Å². The molecule has 1 amide bonds. The minimum atomic E-state index is -0.313. The molecule has 0 aliphatic heterocycles. The SMILES string of the molecule is COc1cccc(-c2csc(NC(=O)c3cn(C)nc3OC)n2)c1. The number of nitrogens with one attached hydrogen (secondary N) is 1. The summed E-state index contributed by atoms with van der Waals surface area (Å²) >= 11 is 1.35. The molecule has 124 valence electrons. The maximum atomic E-state index is 12.4. The van der Waals surface area contributed by atoms with E-state index in [1.54, 1.807) is 20.4 Å². The van der Waals surface area contributed by atoms with E-state index < -0.39 is 0 Å². The van der Waals surface area contributed by atoms with E-state index in [-0.39, 0.29) is 11.8 Å². The molecule has 2 heterocycles. The Labute approximate surface area is 142 Å². The molecule has 0 fully saturated rings. The van der Waals surface area contributed by atoms with Crippen molar-refractivity contribution < 1.29 is 14.3 Å². The lowest BCUT2D eigenvalue weighted by Crippen LogP contribution is -2.12. The van der Waals surface area contributed by atoms with Crippen LogP contribution in [-0.4, -0.2) is 34.9 Å². The Morgan fingerprint density at radius 1 is 1.29 bits per heavy atom. The van der Waals surface area contributed by atoms with Gasteiger partial charge in [0.25, 0.3) is 5.91 Å². The average molecular weight is 344 g/mol. The third kappa shape index (κ3) is 3.23. The van der Waals surface area contributed by atoms with Crippen LogP contribution in [0.25, 0.3) is 11.3 Å². The number of rotatable bonds is 5. The van der Waals surface area contributed by atoms with Crippen molar-refractivity contribution >= 4 is 22.4 Å². The molecular weight excluding hydrogens is 328 g/mol. The number of nitrogens with zero attached hydrogens (tertiary/aromatic N) is 3. The molecule has 7 nitrogen and oxygen atoms in total. The zero-order chi connectivity index (χ0) is 17.1. The second-order valence-electron chi connectivity index (χ2n) is 4.95. The van der Waals surface area contributed by atoms with Crippen LogP contribution in [0.5, 0.6) is 11.6 Å². The lowest BCUT2D eigenvalue weighted by atomic mass is 10.2. The number of amides is 1. The van der Waals surface area contributed by atoms with Crippen LogP contribution in [0.3, 0.4) is 0 Å². The Morgan fingerprint density at radius 3 is 2.88 bits per heavy atom. The van der Waals surface area contributed by atoms with Gasteiger partial charge in [0, 0.05) is 24.2 Å². The molecule has 3 aromatic rings. The fraction of sp³-hybridized carbons (Fsp3) is 0.188. The Bertz CT molecular complexity index is 872. The normalized spacial score (nSPS) is 10.5. The second kappa shape index (κ2) is 6.71. The van der Waals surface area contributed by atoms with Crippen LogP contribution in [-0.2, 0) is 7.05 Å². The molecule has 3 rings (SSSR count). The number of carbonyl (C=O) groups excluding carboxylic acids is 1. The standard InChI is InChI=1S/C16H16N4O3S/c1-20-8-12(15(19-20)23-3)14(21)18-16-17-13(9-24-16)10-5-4-6-11(7-10)22-2/h4-9H,1-3H3,(H,17,18,21). The molecule has 1 aromatic carbocycles. The number of aromatic nitrogens is 3. The fourth-order valence-electron chi connectivity index (χ4n) is 2.19. The first-order valence-electron chi connectivity index (χ1n) is 7.09. The van der Waals surface area contributed by atoms with Crippen molar-refractivity contribution in [2.75, 3.05) is 19.5 Å². The number of thiazole rings is 1. The van der Waals surface area contributed by atoms with Crippen molar-refractivity contribution in [2.45, 2.75) is 0 Å². The van der Waals surface area contributed by atoms with Crippen molar-refractivity contribution in [2.24, 2.45) is 7.05 Å². The third-order valence-corrected chi connectivity index (χ3v) is 4.08. The summed E-state index contributed by atoms with van der Waals surface area (Å²) in [5, 5.41) is 9.22. The first kappa shape index (κ1) is 16.0. The molecular formula is C16H16N4O3S. The van der Waals surface area contributed by atoms with Gasteiger partial charge >= 0.3 is 0 Å². The summed E-state index contributed by atoms with van der Waals surface area (Å²) in [6.07, 6.45) is 1.60. The maximum absolute atomic E-state index is 12.4.